The van der Waals surface area contributed by atoms with Crippen molar-refractivity contribution in [1.82, 2.24) is 9.97 Å². The van der Waals surface area contributed by atoms with E-state index < -0.39 is 0 Å². The molecule has 2 heterocycles. The van der Waals surface area contributed by atoms with E-state index in [0.29, 0.717) is 18.7 Å². The number of rotatable bonds is 2. The SMILES string of the molecule is CC1CN(c2nc(-c3ccccc3)nc3ccccc23)CCC1=O. The summed E-state index contributed by atoms with van der Waals surface area (Å²) in [6.07, 6.45) is 0.583. The van der Waals surface area contributed by atoms with Gasteiger partial charge in [0.1, 0.15) is 11.6 Å². The van der Waals surface area contributed by atoms with Crippen LogP contribution >= 0.6 is 0 Å². The molecule has 1 aliphatic heterocycles. The Bertz CT molecular complexity index is 892. The maximum Gasteiger partial charge on any atom is 0.162 e. The Morgan fingerprint density at radius 1 is 1.00 bits per heavy atom. The van der Waals surface area contributed by atoms with Gasteiger partial charge in [-0.3, -0.25) is 4.79 Å². The number of benzene rings is 2. The lowest BCUT2D eigenvalue weighted by Crippen LogP contribution is -2.40. The van der Waals surface area contributed by atoms with E-state index in [1.807, 2.05) is 55.5 Å². The molecule has 0 aliphatic carbocycles. The molecule has 0 saturated carbocycles. The lowest BCUT2D eigenvalue weighted by atomic mass is 9.98. The first-order chi connectivity index (χ1) is 11.7. The van der Waals surface area contributed by atoms with Crippen molar-refractivity contribution in [1.29, 1.82) is 0 Å². The van der Waals surface area contributed by atoms with Crippen LogP contribution in [0.5, 0.6) is 0 Å². The summed E-state index contributed by atoms with van der Waals surface area (Å²) in [5, 5.41) is 1.04. The zero-order valence-corrected chi connectivity index (χ0v) is 13.6. The molecule has 1 aliphatic rings. The Balaban J connectivity index is 1.85. The van der Waals surface area contributed by atoms with Crippen LogP contribution in [0.2, 0.25) is 0 Å². The van der Waals surface area contributed by atoms with E-state index in [4.69, 9.17) is 9.97 Å². The van der Waals surface area contributed by atoms with Gasteiger partial charge in [-0.25, -0.2) is 9.97 Å². The quantitative estimate of drug-likeness (QED) is 0.723. The summed E-state index contributed by atoms with van der Waals surface area (Å²) >= 11 is 0. The van der Waals surface area contributed by atoms with Gasteiger partial charge in [-0.05, 0) is 12.1 Å². The van der Waals surface area contributed by atoms with E-state index in [2.05, 4.69) is 11.0 Å². The average Bonchev–Trinajstić information content (AvgIpc) is 2.64. The Morgan fingerprint density at radius 2 is 1.75 bits per heavy atom. The first kappa shape index (κ1) is 14.8. The highest BCUT2D eigenvalue weighted by Crippen LogP contribution is 2.29. The van der Waals surface area contributed by atoms with Crippen molar-refractivity contribution >= 4 is 22.5 Å². The molecule has 0 radical (unpaired) electrons. The van der Waals surface area contributed by atoms with Gasteiger partial charge in [-0.2, -0.15) is 0 Å². The summed E-state index contributed by atoms with van der Waals surface area (Å²) in [6, 6.07) is 18.1. The third-order valence-electron chi connectivity index (χ3n) is 4.59. The summed E-state index contributed by atoms with van der Waals surface area (Å²) in [7, 11) is 0. The molecular weight excluding hydrogens is 298 g/mol. The highest BCUT2D eigenvalue weighted by molar-refractivity contribution is 5.92. The topological polar surface area (TPSA) is 46.1 Å². The number of anilines is 1. The van der Waals surface area contributed by atoms with Gasteiger partial charge < -0.3 is 4.90 Å². The number of nitrogens with zero attached hydrogens (tertiary/aromatic N) is 3. The molecule has 4 rings (SSSR count). The molecule has 4 heteroatoms. The van der Waals surface area contributed by atoms with Crippen LogP contribution in [0.25, 0.3) is 22.3 Å². The molecule has 1 fully saturated rings. The van der Waals surface area contributed by atoms with Crippen LogP contribution in [0.15, 0.2) is 54.6 Å². The van der Waals surface area contributed by atoms with E-state index >= 15 is 0 Å². The van der Waals surface area contributed by atoms with Crippen molar-refractivity contribution in [2.24, 2.45) is 5.92 Å². The molecule has 2 aromatic carbocycles. The van der Waals surface area contributed by atoms with Crippen LogP contribution in [-0.2, 0) is 4.79 Å². The number of carbonyl (C=O) groups excluding carboxylic acids is 1. The monoisotopic (exact) mass is 317 g/mol. The summed E-state index contributed by atoms with van der Waals surface area (Å²) in [5.41, 5.74) is 1.94. The van der Waals surface area contributed by atoms with Crippen LogP contribution in [0.4, 0.5) is 5.82 Å². The third-order valence-corrected chi connectivity index (χ3v) is 4.59. The number of Topliss-reactive ketones (excluding diaryl/α,β-unsaturated/α-hetero) is 1. The summed E-state index contributed by atoms with van der Waals surface area (Å²) < 4.78 is 0. The summed E-state index contributed by atoms with van der Waals surface area (Å²) in [5.74, 6) is 2.05. The van der Waals surface area contributed by atoms with E-state index in [0.717, 1.165) is 34.7 Å². The Morgan fingerprint density at radius 3 is 2.54 bits per heavy atom. The molecule has 1 unspecified atom stereocenters. The first-order valence-corrected chi connectivity index (χ1v) is 8.32. The molecule has 120 valence electrons. The normalized spacial score (nSPS) is 18.1. The minimum Gasteiger partial charge on any atom is -0.355 e. The molecule has 1 aromatic heterocycles. The molecule has 0 N–H and O–H groups in total. The highest BCUT2D eigenvalue weighted by atomic mass is 16.1. The maximum absolute atomic E-state index is 11.9. The van der Waals surface area contributed by atoms with Crippen LogP contribution in [-0.4, -0.2) is 28.8 Å². The summed E-state index contributed by atoms with van der Waals surface area (Å²) in [4.78, 5) is 23.7. The zero-order valence-electron chi connectivity index (χ0n) is 13.6. The van der Waals surface area contributed by atoms with Gasteiger partial charge in [0.15, 0.2) is 5.82 Å². The predicted molar refractivity (Wildman–Crippen MR) is 96.0 cm³/mol. The largest absolute Gasteiger partial charge is 0.355 e. The first-order valence-electron chi connectivity index (χ1n) is 8.32. The van der Waals surface area contributed by atoms with Crippen molar-refractivity contribution in [3.8, 4) is 11.4 Å². The van der Waals surface area contributed by atoms with Crippen LogP contribution in [0.1, 0.15) is 13.3 Å². The Kier molecular flexibility index (Phi) is 3.73. The number of carbonyl (C=O) groups is 1. The number of aromatic nitrogens is 2. The van der Waals surface area contributed by atoms with E-state index in [-0.39, 0.29) is 5.92 Å². The molecule has 24 heavy (non-hydrogen) atoms. The van der Waals surface area contributed by atoms with Gasteiger partial charge in [0.25, 0.3) is 0 Å². The van der Waals surface area contributed by atoms with Crippen LogP contribution < -0.4 is 4.90 Å². The maximum atomic E-state index is 11.9. The van der Waals surface area contributed by atoms with Crippen molar-refractivity contribution < 1.29 is 4.79 Å². The predicted octanol–water partition coefficient (Wildman–Crippen LogP) is 3.71. The number of hydrogen-bond donors (Lipinski definition) is 0. The molecule has 1 saturated heterocycles. The molecule has 3 aromatic rings. The van der Waals surface area contributed by atoms with Gasteiger partial charge in [-0.1, -0.05) is 49.4 Å². The molecule has 4 nitrogen and oxygen atoms in total. The van der Waals surface area contributed by atoms with Gasteiger partial charge in [0.05, 0.1) is 5.52 Å². The van der Waals surface area contributed by atoms with Gasteiger partial charge in [0.2, 0.25) is 0 Å². The standard InChI is InChI=1S/C20H19N3O/c1-14-13-23(12-11-18(14)24)20-16-9-5-6-10-17(16)21-19(22-20)15-7-3-2-4-8-15/h2-10,14H,11-13H2,1H3. The second-order valence-electron chi connectivity index (χ2n) is 6.32. The molecule has 0 spiro atoms. The minimum atomic E-state index is 0.0488. The Labute approximate surface area is 141 Å². The van der Waals surface area contributed by atoms with Crippen molar-refractivity contribution in [2.75, 3.05) is 18.0 Å². The van der Waals surface area contributed by atoms with Gasteiger partial charge in [-0.15, -0.1) is 0 Å². The van der Waals surface area contributed by atoms with Crippen LogP contribution in [0, 0.1) is 5.92 Å². The molecular formula is C20H19N3O. The fourth-order valence-electron chi connectivity index (χ4n) is 3.22. The smallest absolute Gasteiger partial charge is 0.162 e. The van der Waals surface area contributed by atoms with Crippen LogP contribution in [0.3, 0.4) is 0 Å². The summed E-state index contributed by atoms with van der Waals surface area (Å²) in [6.45, 7) is 3.43. The van der Waals surface area contributed by atoms with Crippen molar-refractivity contribution in [2.45, 2.75) is 13.3 Å². The number of para-hydroxylation sites is 1. The van der Waals surface area contributed by atoms with Crippen molar-refractivity contribution in [3.63, 3.8) is 0 Å². The number of piperidine rings is 1. The number of ketones is 1. The minimum absolute atomic E-state index is 0.0488. The van der Waals surface area contributed by atoms with Crippen molar-refractivity contribution in [3.05, 3.63) is 54.6 Å². The Hall–Kier alpha value is -2.75. The number of fused-ring (bicyclic) bond motifs is 1. The van der Waals surface area contributed by atoms with E-state index in [1.165, 1.54) is 0 Å². The highest BCUT2D eigenvalue weighted by Gasteiger charge is 2.26. The molecule has 1 atom stereocenters. The molecule has 0 bridgehead atoms. The van der Waals surface area contributed by atoms with E-state index in [1.54, 1.807) is 0 Å². The number of hydrogen-bond acceptors (Lipinski definition) is 4. The third kappa shape index (κ3) is 2.64. The lowest BCUT2D eigenvalue weighted by Gasteiger charge is -2.31. The molecule has 0 amide bonds. The zero-order chi connectivity index (χ0) is 16.5. The average molecular weight is 317 g/mol. The van der Waals surface area contributed by atoms with E-state index in [9.17, 15) is 4.79 Å². The lowest BCUT2D eigenvalue weighted by molar-refractivity contribution is -0.122. The fraction of sp³-hybridized carbons (Fsp3) is 0.250. The van der Waals surface area contributed by atoms with Gasteiger partial charge in [0, 0.05) is 36.4 Å². The second kappa shape index (κ2) is 6.04. The fourth-order valence-corrected chi connectivity index (χ4v) is 3.22. The second-order valence-corrected chi connectivity index (χ2v) is 6.32. The van der Waals surface area contributed by atoms with Gasteiger partial charge >= 0.3 is 0 Å².